The second-order valence-corrected chi connectivity index (χ2v) is 6.94. The van der Waals surface area contributed by atoms with Crippen LogP contribution in [0.3, 0.4) is 0 Å². The molecule has 0 spiro atoms. The number of hydrogen-bond acceptors (Lipinski definition) is 4. The molecular formula is C16H19N3O3S. The van der Waals surface area contributed by atoms with Gasteiger partial charge in [0, 0.05) is 24.5 Å². The third-order valence-electron chi connectivity index (χ3n) is 3.45. The van der Waals surface area contributed by atoms with Gasteiger partial charge in [-0.1, -0.05) is 12.1 Å². The molecule has 1 aromatic carbocycles. The Morgan fingerprint density at radius 1 is 1.26 bits per heavy atom. The van der Waals surface area contributed by atoms with Gasteiger partial charge in [0.05, 0.1) is 4.90 Å². The SMILES string of the molecule is CNS(=O)(=O)c1ccc(C)c(C(=O)NCCc2cccnc2)c1. The number of rotatable bonds is 6. The molecule has 0 radical (unpaired) electrons. The molecule has 0 atom stereocenters. The molecule has 0 aliphatic carbocycles. The smallest absolute Gasteiger partial charge is 0.251 e. The minimum Gasteiger partial charge on any atom is -0.352 e. The molecule has 0 unspecified atom stereocenters. The molecule has 122 valence electrons. The summed E-state index contributed by atoms with van der Waals surface area (Å²) < 4.78 is 25.9. The Morgan fingerprint density at radius 3 is 2.70 bits per heavy atom. The number of nitrogens with one attached hydrogen (secondary N) is 2. The number of sulfonamides is 1. The Labute approximate surface area is 136 Å². The highest BCUT2D eigenvalue weighted by Gasteiger charge is 2.16. The van der Waals surface area contributed by atoms with Gasteiger partial charge >= 0.3 is 0 Å². The van der Waals surface area contributed by atoms with Crippen LogP contribution in [0.1, 0.15) is 21.5 Å². The third kappa shape index (κ3) is 4.37. The van der Waals surface area contributed by atoms with Crippen molar-refractivity contribution in [1.82, 2.24) is 15.0 Å². The molecule has 2 aromatic rings. The van der Waals surface area contributed by atoms with E-state index in [1.807, 2.05) is 12.1 Å². The molecule has 23 heavy (non-hydrogen) atoms. The molecule has 0 fully saturated rings. The van der Waals surface area contributed by atoms with Crippen molar-refractivity contribution in [3.63, 3.8) is 0 Å². The highest BCUT2D eigenvalue weighted by molar-refractivity contribution is 7.89. The van der Waals surface area contributed by atoms with Crippen molar-refractivity contribution in [2.75, 3.05) is 13.6 Å². The van der Waals surface area contributed by atoms with E-state index in [2.05, 4.69) is 15.0 Å². The fourth-order valence-electron chi connectivity index (χ4n) is 2.09. The summed E-state index contributed by atoms with van der Waals surface area (Å²) in [5, 5.41) is 2.80. The number of amides is 1. The lowest BCUT2D eigenvalue weighted by Crippen LogP contribution is -2.27. The molecule has 1 aromatic heterocycles. The van der Waals surface area contributed by atoms with E-state index in [9.17, 15) is 13.2 Å². The van der Waals surface area contributed by atoms with Crippen molar-refractivity contribution >= 4 is 15.9 Å². The van der Waals surface area contributed by atoms with Crippen molar-refractivity contribution in [1.29, 1.82) is 0 Å². The van der Waals surface area contributed by atoms with Crippen LogP contribution in [0.15, 0.2) is 47.6 Å². The van der Waals surface area contributed by atoms with Gasteiger partial charge in [-0.15, -0.1) is 0 Å². The second-order valence-electron chi connectivity index (χ2n) is 5.05. The molecule has 0 aliphatic rings. The molecule has 2 rings (SSSR count). The summed E-state index contributed by atoms with van der Waals surface area (Å²) in [7, 11) is -2.24. The molecule has 6 nitrogen and oxygen atoms in total. The largest absolute Gasteiger partial charge is 0.352 e. The first-order valence-electron chi connectivity index (χ1n) is 7.15. The highest BCUT2D eigenvalue weighted by atomic mass is 32.2. The van der Waals surface area contributed by atoms with Gasteiger partial charge in [0.1, 0.15) is 0 Å². The fraction of sp³-hybridized carbons (Fsp3) is 0.250. The van der Waals surface area contributed by atoms with Crippen LogP contribution in [0.2, 0.25) is 0 Å². The second kappa shape index (κ2) is 7.34. The maximum Gasteiger partial charge on any atom is 0.251 e. The molecule has 1 amide bonds. The summed E-state index contributed by atoms with van der Waals surface area (Å²) >= 11 is 0. The summed E-state index contributed by atoms with van der Waals surface area (Å²) in [5.74, 6) is -0.292. The quantitative estimate of drug-likeness (QED) is 0.833. The number of aryl methyl sites for hydroxylation is 1. The van der Waals surface area contributed by atoms with Crippen molar-refractivity contribution in [3.05, 3.63) is 59.4 Å². The Hall–Kier alpha value is -2.25. The number of aromatic nitrogens is 1. The maximum atomic E-state index is 12.3. The number of nitrogens with zero attached hydrogens (tertiary/aromatic N) is 1. The standard InChI is InChI=1S/C16H19N3O3S/c1-12-5-6-14(23(21,22)17-2)10-15(12)16(20)19-9-7-13-4-3-8-18-11-13/h3-6,8,10-11,17H,7,9H2,1-2H3,(H,19,20). The van der Waals surface area contributed by atoms with Crippen LogP contribution < -0.4 is 10.0 Å². The average Bonchev–Trinajstić information content (AvgIpc) is 2.56. The van der Waals surface area contributed by atoms with E-state index < -0.39 is 10.0 Å². The topological polar surface area (TPSA) is 88.2 Å². The van der Waals surface area contributed by atoms with E-state index in [4.69, 9.17) is 0 Å². The van der Waals surface area contributed by atoms with E-state index in [0.717, 1.165) is 11.1 Å². The molecule has 1 heterocycles. The zero-order valence-electron chi connectivity index (χ0n) is 13.0. The molecule has 2 N–H and O–H groups in total. The van der Waals surface area contributed by atoms with Gasteiger partial charge in [0.2, 0.25) is 10.0 Å². The van der Waals surface area contributed by atoms with Crippen LogP contribution >= 0.6 is 0 Å². The zero-order chi connectivity index (χ0) is 16.9. The van der Waals surface area contributed by atoms with Gasteiger partial charge in [0.15, 0.2) is 0 Å². The van der Waals surface area contributed by atoms with Crippen LogP contribution in [0, 0.1) is 6.92 Å². The van der Waals surface area contributed by atoms with E-state index in [1.54, 1.807) is 25.4 Å². The number of benzene rings is 1. The van der Waals surface area contributed by atoms with Gasteiger partial charge < -0.3 is 5.32 Å². The first-order valence-corrected chi connectivity index (χ1v) is 8.63. The average molecular weight is 333 g/mol. The number of pyridine rings is 1. The summed E-state index contributed by atoms with van der Waals surface area (Å²) in [5.41, 5.74) is 2.10. The van der Waals surface area contributed by atoms with Gasteiger partial charge in [-0.2, -0.15) is 0 Å². The summed E-state index contributed by atoms with van der Waals surface area (Å²) in [6.45, 7) is 2.22. The zero-order valence-corrected chi connectivity index (χ0v) is 13.9. The molecule has 0 saturated carbocycles. The Kier molecular flexibility index (Phi) is 5.46. The van der Waals surface area contributed by atoms with Crippen molar-refractivity contribution < 1.29 is 13.2 Å². The van der Waals surface area contributed by atoms with E-state index in [1.165, 1.54) is 19.2 Å². The van der Waals surface area contributed by atoms with E-state index in [0.29, 0.717) is 18.5 Å². The normalized spacial score (nSPS) is 11.2. The molecule has 7 heteroatoms. The Balaban J connectivity index is 2.08. The summed E-state index contributed by atoms with van der Waals surface area (Å²) in [6.07, 6.45) is 4.10. The Morgan fingerprint density at radius 2 is 2.04 bits per heavy atom. The lowest BCUT2D eigenvalue weighted by Gasteiger charge is -2.10. The monoisotopic (exact) mass is 333 g/mol. The molecular weight excluding hydrogens is 314 g/mol. The predicted molar refractivity (Wildman–Crippen MR) is 87.7 cm³/mol. The van der Waals surface area contributed by atoms with Gasteiger partial charge in [-0.25, -0.2) is 13.1 Å². The van der Waals surface area contributed by atoms with E-state index in [-0.39, 0.29) is 10.8 Å². The van der Waals surface area contributed by atoms with Crippen molar-refractivity contribution in [2.24, 2.45) is 0 Å². The number of carbonyl (C=O) groups excluding carboxylic acids is 1. The third-order valence-corrected chi connectivity index (χ3v) is 4.87. The van der Waals surface area contributed by atoms with E-state index >= 15 is 0 Å². The lowest BCUT2D eigenvalue weighted by molar-refractivity contribution is 0.0953. The van der Waals surface area contributed by atoms with Crippen LogP contribution in [0.5, 0.6) is 0 Å². The first kappa shape index (κ1) is 17.1. The summed E-state index contributed by atoms with van der Waals surface area (Å²) in [4.78, 5) is 16.4. The van der Waals surface area contributed by atoms with Gasteiger partial charge in [-0.05, 0) is 49.7 Å². The van der Waals surface area contributed by atoms with Crippen LogP contribution in [0.25, 0.3) is 0 Å². The molecule has 0 saturated heterocycles. The van der Waals surface area contributed by atoms with Crippen LogP contribution in [0.4, 0.5) is 0 Å². The van der Waals surface area contributed by atoms with Crippen molar-refractivity contribution in [3.8, 4) is 0 Å². The highest BCUT2D eigenvalue weighted by Crippen LogP contribution is 2.15. The predicted octanol–water partition coefficient (Wildman–Crippen LogP) is 1.27. The molecule has 0 aliphatic heterocycles. The van der Waals surface area contributed by atoms with Gasteiger partial charge in [-0.3, -0.25) is 9.78 Å². The number of carbonyl (C=O) groups is 1. The van der Waals surface area contributed by atoms with Gasteiger partial charge in [0.25, 0.3) is 5.91 Å². The van der Waals surface area contributed by atoms with Crippen LogP contribution in [-0.4, -0.2) is 32.9 Å². The molecule has 0 bridgehead atoms. The van der Waals surface area contributed by atoms with Crippen LogP contribution in [-0.2, 0) is 16.4 Å². The minimum absolute atomic E-state index is 0.0722. The summed E-state index contributed by atoms with van der Waals surface area (Å²) in [6, 6.07) is 8.27. The Bertz CT molecular complexity index is 789. The first-order chi connectivity index (χ1) is 10.9. The fourth-order valence-corrected chi connectivity index (χ4v) is 2.85. The number of hydrogen-bond donors (Lipinski definition) is 2. The maximum absolute atomic E-state index is 12.3. The lowest BCUT2D eigenvalue weighted by atomic mass is 10.1. The van der Waals surface area contributed by atoms with Crippen molar-refractivity contribution in [2.45, 2.75) is 18.2 Å². The minimum atomic E-state index is -3.57.